The van der Waals surface area contributed by atoms with E-state index >= 15 is 0 Å². The molecule has 1 aliphatic carbocycles. The van der Waals surface area contributed by atoms with Crippen LogP contribution in [0.3, 0.4) is 0 Å². The number of rotatable bonds is 6. The molecule has 3 aromatic rings. The van der Waals surface area contributed by atoms with Crippen molar-refractivity contribution in [1.82, 2.24) is 0 Å². The fraction of sp³-hybridized carbons (Fsp3) is 0.250. The maximum absolute atomic E-state index is 15.0. The van der Waals surface area contributed by atoms with Crippen molar-refractivity contribution in [2.45, 2.75) is 45.6 Å². The first-order valence-electron chi connectivity index (χ1n) is 12.9. The minimum atomic E-state index is -0.638. The first-order valence-corrected chi connectivity index (χ1v) is 12.9. The van der Waals surface area contributed by atoms with Gasteiger partial charge in [-0.1, -0.05) is 24.3 Å². The van der Waals surface area contributed by atoms with Crippen LogP contribution in [0.1, 0.15) is 47.4 Å². The summed E-state index contributed by atoms with van der Waals surface area (Å²) in [6.07, 6.45) is 1.57. The SMILES string of the molecule is COc1ccc(OCc2cc(C3C(C#N)=C(N)N(c4ccccc4F)C4=C3C(=O)CCC4)c(C)cc2C)cc1. The maximum Gasteiger partial charge on any atom is 0.161 e. The van der Waals surface area contributed by atoms with Crippen LogP contribution < -0.4 is 20.1 Å². The van der Waals surface area contributed by atoms with Gasteiger partial charge in [-0.15, -0.1) is 0 Å². The molecule has 1 unspecified atom stereocenters. The first-order chi connectivity index (χ1) is 18.8. The Morgan fingerprint density at radius 3 is 2.46 bits per heavy atom. The summed E-state index contributed by atoms with van der Waals surface area (Å²) in [5.41, 5.74) is 12.0. The summed E-state index contributed by atoms with van der Waals surface area (Å²) in [6, 6.07) is 20.0. The number of ketones is 1. The minimum Gasteiger partial charge on any atom is -0.497 e. The van der Waals surface area contributed by atoms with Crippen molar-refractivity contribution in [3.63, 3.8) is 0 Å². The van der Waals surface area contributed by atoms with Gasteiger partial charge in [0, 0.05) is 17.7 Å². The van der Waals surface area contributed by atoms with Gasteiger partial charge < -0.3 is 15.2 Å². The molecular formula is C32H30FN3O3. The Bertz CT molecular complexity index is 1550. The van der Waals surface area contributed by atoms with Crippen LogP contribution in [0.25, 0.3) is 0 Å². The van der Waals surface area contributed by atoms with Crippen molar-refractivity contribution < 1.29 is 18.7 Å². The van der Waals surface area contributed by atoms with Crippen LogP contribution in [-0.4, -0.2) is 12.9 Å². The molecule has 198 valence electrons. The van der Waals surface area contributed by atoms with Gasteiger partial charge in [-0.05, 0) is 85.3 Å². The molecule has 1 atom stereocenters. The molecule has 1 heterocycles. The Morgan fingerprint density at radius 2 is 1.77 bits per heavy atom. The predicted molar refractivity (Wildman–Crippen MR) is 148 cm³/mol. The van der Waals surface area contributed by atoms with E-state index in [1.54, 1.807) is 30.2 Å². The van der Waals surface area contributed by atoms with Crippen molar-refractivity contribution in [3.05, 3.63) is 111 Å². The number of para-hydroxylation sites is 1. The van der Waals surface area contributed by atoms with Gasteiger partial charge in [0.2, 0.25) is 0 Å². The highest BCUT2D eigenvalue weighted by Crippen LogP contribution is 2.47. The van der Waals surface area contributed by atoms with Crippen LogP contribution >= 0.6 is 0 Å². The molecule has 0 bridgehead atoms. The van der Waals surface area contributed by atoms with Crippen LogP contribution in [0.5, 0.6) is 11.5 Å². The topological polar surface area (TPSA) is 88.6 Å². The third kappa shape index (κ3) is 4.74. The second-order valence-electron chi connectivity index (χ2n) is 9.87. The van der Waals surface area contributed by atoms with Gasteiger partial charge in [-0.25, -0.2) is 4.39 Å². The largest absolute Gasteiger partial charge is 0.497 e. The number of nitrogens with zero attached hydrogens (tertiary/aromatic N) is 2. The van der Waals surface area contributed by atoms with Crippen LogP contribution in [0, 0.1) is 31.0 Å². The summed E-state index contributed by atoms with van der Waals surface area (Å²) >= 11 is 0. The summed E-state index contributed by atoms with van der Waals surface area (Å²) in [6.45, 7) is 4.29. The van der Waals surface area contributed by atoms with Gasteiger partial charge in [0.05, 0.1) is 30.4 Å². The molecular weight excluding hydrogens is 493 g/mol. The monoisotopic (exact) mass is 523 g/mol. The third-order valence-electron chi connectivity index (χ3n) is 7.50. The first kappa shape index (κ1) is 26.1. The predicted octanol–water partition coefficient (Wildman–Crippen LogP) is 6.33. The number of carbonyl (C=O) groups excluding carboxylic acids is 1. The molecule has 5 rings (SSSR count). The number of ether oxygens (including phenoxy) is 2. The Balaban J connectivity index is 1.60. The fourth-order valence-electron chi connectivity index (χ4n) is 5.52. The van der Waals surface area contributed by atoms with Crippen molar-refractivity contribution in [2.75, 3.05) is 12.0 Å². The van der Waals surface area contributed by atoms with E-state index < -0.39 is 11.7 Å². The number of anilines is 1. The molecule has 0 aromatic heterocycles. The van der Waals surface area contributed by atoms with E-state index in [0.717, 1.165) is 28.0 Å². The molecule has 0 fully saturated rings. The van der Waals surface area contributed by atoms with Crippen molar-refractivity contribution in [2.24, 2.45) is 5.73 Å². The molecule has 0 saturated carbocycles. The number of aryl methyl sites for hydroxylation is 2. The maximum atomic E-state index is 15.0. The standard InChI is InChI=1S/C32H30FN3O3/c1-19-15-20(2)24(16-21(19)18-39-23-13-11-22(38-3)12-14-23)30-25(17-34)32(35)36(27-8-5-4-7-26(27)33)28-9-6-10-29(37)31(28)30/h4-5,7-8,11-16,30H,6,9-10,18,35H2,1-3H3. The summed E-state index contributed by atoms with van der Waals surface area (Å²) in [5.74, 6) is 0.444. The molecule has 3 aromatic carbocycles. The zero-order chi connectivity index (χ0) is 27.7. The van der Waals surface area contributed by atoms with Crippen LogP contribution in [-0.2, 0) is 11.4 Å². The molecule has 0 amide bonds. The van der Waals surface area contributed by atoms with Gasteiger partial charge in [0.1, 0.15) is 29.7 Å². The lowest BCUT2D eigenvalue weighted by Gasteiger charge is -2.40. The lowest BCUT2D eigenvalue weighted by molar-refractivity contribution is -0.116. The Hall–Kier alpha value is -4.57. The van der Waals surface area contributed by atoms with Crippen LogP contribution in [0.2, 0.25) is 0 Å². The molecule has 2 aliphatic rings. The van der Waals surface area contributed by atoms with E-state index in [4.69, 9.17) is 15.2 Å². The van der Waals surface area contributed by atoms with Gasteiger partial charge in [-0.3, -0.25) is 9.69 Å². The number of halogens is 1. The number of hydrogen-bond acceptors (Lipinski definition) is 6. The second kappa shape index (κ2) is 10.7. The van der Waals surface area contributed by atoms with Crippen molar-refractivity contribution in [3.8, 4) is 17.6 Å². The van der Waals surface area contributed by atoms with Gasteiger partial charge in [0.15, 0.2) is 5.78 Å². The molecule has 39 heavy (non-hydrogen) atoms. The molecule has 0 saturated heterocycles. The highest BCUT2D eigenvalue weighted by molar-refractivity contribution is 6.01. The molecule has 6 nitrogen and oxygen atoms in total. The van der Waals surface area contributed by atoms with Gasteiger partial charge >= 0.3 is 0 Å². The smallest absolute Gasteiger partial charge is 0.161 e. The normalized spacial score (nSPS) is 17.2. The van der Waals surface area contributed by atoms with E-state index in [-0.39, 0.29) is 22.9 Å². The number of carbonyl (C=O) groups is 1. The van der Waals surface area contributed by atoms with E-state index in [9.17, 15) is 14.4 Å². The van der Waals surface area contributed by atoms with E-state index in [0.29, 0.717) is 42.9 Å². The van der Waals surface area contributed by atoms with Gasteiger partial charge in [-0.2, -0.15) is 5.26 Å². The molecule has 7 heteroatoms. The van der Waals surface area contributed by atoms with Crippen LogP contribution in [0.15, 0.2) is 83.3 Å². The lowest BCUT2D eigenvalue weighted by atomic mass is 9.74. The molecule has 0 radical (unpaired) electrons. The summed E-state index contributed by atoms with van der Waals surface area (Å²) in [4.78, 5) is 15.0. The number of Topliss-reactive ketones (excluding diaryl/α,β-unsaturated/α-hetero) is 1. The highest BCUT2D eigenvalue weighted by atomic mass is 19.1. The van der Waals surface area contributed by atoms with E-state index in [1.165, 1.54) is 6.07 Å². The highest BCUT2D eigenvalue weighted by Gasteiger charge is 2.41. The zero-order valence-electron chi connectivity index (χ0n) is 22.3. The average molecular weight is 524 g/mol. The molecule has 2 N–H and O–H groups in total. The lowest BCUT2D eigenvalue weighted by Crippen LogP contribution is -2.39. The number of nitrogens with two attached hydrogens (primary N) is 1. The van der Waals surface area contributed by atoms with Crippen molar-refractivity contribution in [1.29, 1.82) is 5.26 Å². The van der Waals surface area contributed by atoms with Crippen molar-refractivity contribution >= 4 is 11.5 Å². The van der Waals surface area contributed by atoms with Crippen LogP contribution in [0.4, 0.5) is 10.1 Å². The molecule has 1 aliphatic heterocycles. The minimum absolute atomic E-state index is 0.0427. The zero-order valence-corrected chi connectivity index (χ0v) is 22.3. The average Bonchev–Trinajstić information content (AvgIpc) is 2.93. The summed E-state index contributed by atoms with van der Waals surface area (Å²) in [5, 5.41) is 10.3. The second-order valence-corrected chi connectivity index (χ2v) is 9.87. The fourth-order valence-corrected chi connectivity index (χ4v) is 5.52. The van der Waals surface area contributed by atoms with Gasteiger partial charge in [0.25, 0.3) is 0 Å². The summed E-state index contributed by atoms with van der Waals surface area (Å²) in [7, 11) is 1.61. The number of benzene rings is 3. The number of methoxy groups -OCH3 is 1. The Labute approximate surface area is 227 Å². The van der Waals surface area contributed by atoms with E-state index in [2.05, 4.69) is 6.07 Å². The third-order valence-corrected chi connectivity index (χ3v) is 7.50. The molecule has 0 spiro atoms. The number of hydrogen-bond donors (Lipinski definition) is 1. The Kier molecular flexibility index (Phi) is 7.12. The quantitative estimate of drug-likeness (QED) is 0.406. The van der Waals surface area contributed by atoms with E-state index in [1.807, 2.05) is 50.2 Å². The Morgan fingerprint density at radius 1 is 1.05 bits per heavy atom. The number of nitriles is 1. The number of allylic oxidation sites excluding steroid dienone is 3. The summed E-state index contributed by atoms with van der Waals surface area (Å²) < 4.78 is 26.2.